The lowest BCUT2D eigenvalue weighted by Gasteiger charge is -2.00. The molecule has 0 aromatic carbocycles. The third kappa shape index (κ3) is 3.76. The fraction of sp³-hybridized carbons (Fsp3) is 0.0769. The molecule has 0 fully saturated rings. The van der Waals surface area contributed by atoms with Gasteiger partial charge < -0.3 is 5.73 Å². The zero-order chi connectivity index (χ0) is 10.2. The summed E-state index contributed by atoms with van der Waals surface area (Å²) in [6.07, 6.45) is 18.5. The van der Waals surface area contributed by atoms with Crippen LogP contribution >= 0.6 is 0 Å². The highest BCUT2D eigenvalue weighted by Gasteiger charge is 1.92. The largest absolute Gasteiger partial charge is 0.399 e. The number of hydrogen-bond donors (Lipinski definition) is 1. The zero-order valence-electron chi connectivity index (χ0n) is 8.19. The van der Waals surface area contributed by atoms with Crippen LogP contribution in [-0.2, 0) is 0 Å². The zero-order valence-corrected chi connectivity index (χ0v) is 8.19. The Kier molecular flexibility index (Phi) is 4.29. The summed E-state index contributed by atoms with van der Waals surface area (Å²) in [5.41, 5.74) is 7.48. The summed E-state index contributed by atoms with van der Waals surface area (Å²) in [5.74, 6) is 0. The predicted octanol–water partition coefficient (Wildman–Crippen LogP) is 3.01. The van der Waals surface area contributed by atoms with E-state index in [9.17, 15) is 0 Å². The first-order chi connectivity index (χ1) is 6.80. The van der Waals surface area contributed by atoms with Gasteiger partial charge in [0, 0.05) is 5.70 Å². The highest BCUT2D eigenvalue weighted by Crippen LogP contribution is 2.07. The second-order valence-corrected chi connectivity index (χ2v) is 3.01. The molecule has 0 saturated heterocycles. The SMILES string of the molecule is C=C1C\C=C/C=C\C=C/C=C\C=C/1N. The minimum Gasteiger partial charge on any atom is -0.399 e. The molecular weight excluding hydrogens is 170 g/mol. The summed E-state index contributed by atoms with van der Waals surface area (Å²) in [7, 11) is 0. The first kappa shape index (κ1) is 10.3. The predicted molar refractivity (Wildman–Crippen MR) is 62.6 cm³/mol. The lowest BCUT2D eigenvalue weighted by atomic mass is 10.1. The van der Waals surface area contributed by atoms with Crippen molar-refractivity contribution in [3.63, 3.8) is 0 Å². The lowest BCUT2D eigenvalue weighted by Crippen LogP contribution is -1.98. The van der Waals surface area contributed by atoms with Crippen molar-refractivity contribution in [1.29, 1.82) is 0 Å². The molecule has 0 spiro atoms. The van der Waals surface area contributed by atoms with Gasteiger partial charge in [0.05, 0.1) is 0 Å². The average molecular weight is 185 g/mol. The van der Waals surface area contributed by atoms with Gasteiger partial charge >= 0.3 is 0 Å². The molecule has 2 N–H and O–H groups in total. The first-order valence-electron chi connectivity index (χ1n) is 4.61. The first-order valence-corrected chi connectivity index (χ1v) is 4.61. The van der Waals surface area contributed by atoms with Crippen LogP contribution in [0.4, 0.5) is 0 Å². The lowest BCUT2D eigenvalue weighted by molar-refractivity contribution is 1.19. The monoisotopic (exact) mass is 185 g/mol. The van der Waals surface area contributed by atoms with Crippen LogP contribution in [0, 0.1) is 0 Å². The van der Waals surface area contributed by atoms with Gasteiger partial charge in [-0.2, -0.15) is 0 Å². The Morgan fingerprint density at radius 2 is 1.50 bits per heavy atom. The van der Waals surface area contributed by atoms with E-state index in [1.54, 1.807) is 0 Å². The molecular formula is C13H15N. The molecule has 0 heterocycles. The maximum absolute atomic E-state index is 5.79. The van der Waals surface area contributed by atoms with E-state index >= 15 is 0 Å². The molecule has 1 aliphatic carbocycles. The maximum atomic E-state index is 5.79. The van der Waals surface area contributed by atoms with Crippen LogP contribution in [0.25, 0.3) is 0 Å². The Bertz CT molecular complexity index is 338. The van der Waals surface area contributed by atoms with Crippen LogP contribution in [0.3, 0.4) is 0 Å². The van der Waals surface area contributed by atoms with Crippen LogP contribution in [0.5, 0.6) is 0 Å². The highest BCUT2D eigenvalue weighted by atomic mass is 14.6. The van der Waals surface area contributed by atoms with Crippen molar-refractivity contribution in [1.82, 2.24) is 0 Å². The van der Waals surface area contributed by atoms with Crippen LogP contribution in [0.15, 0.2) is 72.5 Å². The van der Waals surface area contributed by atoms with Crippen LogP contribution < -0.4 is 5.73 Å². The van der Waals surface area contributed by atoms with Gasteiger partial charge in [-0.1, -0.05) is 55.2 Å². The third-order valence-electron chi connectivity index (χ3n) is 1.85. The van der Waals surface area contributed by atoms with Gasteiger partial charge in [-0.3, -0.25) is 0 Å². The van der Waals surface area contributed by atoms with Gasteiger partial charge in [-0.15, -0.1) is 0 Å². The van der Waals surface area contributed by atoms with Gasteiger partial charge in [0.2, 0.25) is 0 Å². The van der Waals surface area contributed by atoms with E-state index in [-0.39, 0.29) is 0 Å². The molecule has 0 amide bonds. The van der Waals surface area contributed by atoms with E-state index in [1.165, 1.54) is 0 Å². The smallest absolute Gasteiger partial charge is 0.0343 e. The fourth-order valence-electron chi connectivity index (χ4n) is 1.00. The average Bonchev–Trinajstić information content (AvgIpc) is 2.18. The molecule has 0 unspecified atom stereocenters. The van der Waals surface area contributed by atoms with Crippen molar-refractivity contribution in [2.75, 3.05) is 0 Å². The Morgan fingerprint density at radius 3 is 2.21 bits per heavy atom. The highest BCUT2D eigenvalue weighted by molar-refractivity contribution is 5.32. The summed E-state index contributed by atoms with van der Waals surface area (Å²) in [6, 6.07) is 0. The normalized spacial score (nSPS) is 30.3. The molecule has 1 aliphatic rings. The number of rotatable bonds is 0. The minimum atomic E-state index is 0.740. The number of nitrogens with two attached hydrogens (primary N) is 1. The molecule has 14 heavy (non-hydrogen) atoms. The maximum Gasteiger partial charge on any atom is 0.0343 e. The van der Waals surface area contributed by atoms with Crippen molar-refractivity contribution >= 4 is 0 Å². The van der Waals surface area contributed by atoms with Crippen LogP contribution in [0.2, 0.25) is 0 Å². The Hall–Kier alpha value is -1.76. The molecule has 1 rings (SSSR count). The third-order valence-corrected chi connectivity index (χ3v) is 1.85. The molecule has 0 aromatic heterocycles. The van der Waals surface area contributed by atoms with Gasteiger partial charge in [0.1, 0.15) is 0 Å². The number of allylic oxidation sites excluding steroid dienone is 10. The summed E-state index contributed by atoms with van der Waals surface area (Å²) in [4.78, 5) is 0. The second-order valence-electron chi connectivity index (χ2n) is 3.01. The van der Waals surface area contributed by atoms with Crippen molar-refractivity contribution in [3.8, 4) is 0 Å². The van der Waals surface area contributed by atoms with E-state index in [4.69, 9.17) is 5.73 Å². The van der Waals surface area contributed by atoms with E-state index in [2.05, 4.69) is 6.58 Å². The summed E-state index contributed by atoms with van der Waals surface area (Å²) in [5, 5.41) is 0. The molecule has 0 saturated carbocycles. The van der Waals surface area contributed by atoms with Gasteiger partial charge in [-0.05, 0) is 18.1 Å². The Labute approximate surface area is 85.3 Å². The Morgan fingerprint density at radius 1 is 0.929 bits per heavy atom. The van der Waals surface area contributed by atoms with Gasteiger partial charge in [0.25, 0.3) is 0 Å². The summed E-state index contributed by atoms with van der Waals surface area (Å²) in [6.45, 7) is 3.90. The van der Waals surface area contributed by atoms with E-state index < -0.39 is 0 Å². The molecule has 1 nitrogen and oxygen atoms in total. The molecule has 0 aromatic rings. The minimum absolute atomic E-state index is 0.740. The molecule has 0 radical (unpaired) electrons. The molecule has 72 valence electrons. The standard InChI is InChI=1S/C13H15N/c1-12-10-8-6-4-2-3-5-7-9-11-13(12)14/h2-9,11H,1,10,14H2/b4-2-,5-3-,8-6-,9-7-,13-11+. The summed E-state index contributed by atoms with van der Waals surface area (Å²) < 4.78 is 0. The molecule has 1 heteroatoms. The molecule has 0 atom stereocenters. The van der Waals surface area contributed by atoms with Crippen molar-refractivity contribution in [2.45, 2.75) is 6.42 Å². The van der Waals surface area contributed by atoms with Crippen molar-refractivity contribution in [3.05, 3.63) is 72.5 Å². The Balaban J connectivity index is 2.82. The fourth-order valence-corrected chi connectivity index (χ4v) is 1.00. The topological polar surface area (TPSA) is 26.0 Å². The van der Waals surface area contributed by atoms with Crippen molar-refractivity contribution < 1.29 is 0 Å². The molecule has 0 bridgehead atoms. The van der Waals surface area contributed by atoms with E-state index in [1.807, 2.05) is 54.7 Å². The molecule has 0 aliphatic heterocycles. The van der Waals surface area contributed by atoms with Gasteiger partial charge in [-0.25, -0.2) is 0 Å². The summed E-state index contributed by atoms with van der Waals surface area (Å²) >= 11 is 0. The van der Waals surface area contributed by atoms with Crippen LogP contribution in [0.1, 0.15) is 6.42 Å². The van der Waals surface area contributed by atoms with Crippen LogP contribution in [-0.4, -0.2) is 0 Å². The van der Waals surface area contributed by atoms with E-state index in [0.717, 1.165) is 17.7 Å². The van der Waals surface area contributed by atoms with E-state index in [0.29, 0.717) is 0 Å². The van der Waals surface area contributed by atoms with Gasteiger partial charge in [0.15, 0.2) is 0 Å². The quantitative estimate of drug-likeness (QED) is 0.616. The van der Waals surface area contributed by atoms with Crippen molar-refractivity contribution in [2.24, 2.45) is 5.73 Å². The second kappa shape index (κ2) is 5.81. The number of hydrogen-bond acceptors (Lipinski definition) is 1.